The van der Waals surface area contributed by atoms with Crippen molar-refractivity contribution in [1.82, 2.24) is 9.55 Å². The molecule has 4 aromatic rings. The van der Waals surface area contributed by atoms with Gasteiger partial charge < -0.3 is 10.1 Å². The van der Waals surface area contributed by atoms with E-state index in [2.05, 4.69) is 5.32 Å². The van der Waals surface area contributed by atoms with Gasteiger partial charge in [-0.3, -0.25) is 14.2 Å². The summed E-state index contributed by atoms with van der Waals surface area (Å²) in [5.41, 5.74) is 1.60. The molecule has 0 bridgehead atoms. The number of rotatable bonds is 8. The van der Waals surface area contributed by atoms with Gasteiger partial charge in [0, 0.05) is 12.8 Å². The lowest BCUT2D eigenvalue weighted by Crippen LogP contribution is -2.26. The second-order valence-corrected chi connectivity index (χ2v) is 8.34. The van der Waals surface area contributed by atoms with E-state index in [0.717, 1.165) is 5.56 Å². The number of nitrogens with one attached hydrogen (secondary N) is 1. The molecule has 0 saturated carbocycles. The number of ether oxygens (including phenoxy) is 1. The Morgan fingerprint density at radius 1 is 1.06 bits per heavy atom. The summed E-state index contributed by atoms with van der Waals surface area (Å²) in [5.74, 6) is -0.692. The van der Waals surface area contributed by atoms with Crippen molar-refractivity contribution in [2.24, 2.45) is 0 Å². The average Bonchev–Trinajstić information content (AvgIpc) is 2.84. The van der Waals surface area contributed by atoms with Gasteiger partial charge in [0.2, 0.25) is 5.91 Å². The molecule has 0 spiro atoms. The van der Waals surface area contributed by atoms with Crippen LogP contribution in [0.4, 0.5) is 10.1 Å². The molecule has 1 unspecified atom stereocenters. The van der Waals surface area contributed by atoms with Crippen molar-refractivity contribution in [2.45, 2.75) is 17.0 Å². The van der Waals surface area contributed by atoms with Crippen molar-refractivity contribution in [2.75, 3.05) is 19.0 Å². The van der Waals surface area contributed by atoms with Crippen molar-refractivity contribution in [3.63, 3.8) is 0 Å². The van der Waals surface area contributed by atoms with Gasteiger partial charge in [0.15, 0.2) is 5.16 Å². The molecule has 168 valence electrons. The van der Waals surface area contributed by atoms with E-state index in [1.165, 1.54) is 40.6 Å². The zero-order valence-electron chi connectivity index (χ0n) is 17.9. The Labute approximate surface area is 194 Å². The number of amides is 1. The maximum Gasteiger partial charge on any atom is 0.262 e. The number of methoxy groups -OCH3 is 1. The third kappa shape index (κ3) is 5.30. The smallest absolute Gasteiger partial charge is 0.262 e. The molecule has 8 heteroatoms. The molecule has 6 nitrogen and oxygen atoms in total. The Kier molecular flexibility index (Phi) is 7.16. The van der Waals surface area contributed by atoms with Crippen LogP contribution in [-0.2, 0) is 16.1 Å². The van der Waals surface area contributed by atoms with Gasteiger partial charge in [0.1, 0.15) is 11.1 Å². The Morgan fingerprint density at radius 2 is 1.76 bits per heavy atom. The molecule has 4 rings (SSSR count). The summed E-state index contributed by atoms with van der Waals surface area (Å²) >= 11 is 1.19. The molecule has 0 saturated heterocycles. The van der Waals surface area contributed by atoms with Crippen LogP contribution in [0.1, 0.15) is 10.8 Å². The number of nitrogens with zero attached hydrogens (tertiary/aromatic N) is 2. The van der Waals surface area contributed by atoms with Crippen molar-refractivity contribution < 1.29 is 13.9 Å². The van der Waals surface area contributed by atoms with Gasteiger partial charge in [-0.25, -0.2) is 9.37 Å². The van der Waals surface area contributed by atoms with Crippen LogP contribution in [0.25, 0.3) is 10.9 Å². The van der Waals surface area contributed by atoms with E-state index >= 15 is 0 Å². The highest BCUT2D eigenvalue weighted by molar-refractivity contribution is 8.00. The summed E-state index contributed by atoms with van der Waals surface area (Å²) < 4.78 is 20.0. The van der Waals surface area contributed by atoms with Crippen molar-refractivity contribution >= 4 is 34.3 Å². The number of anilines is 1. The number of aromatic nitrogens is 2. The first-order chi connectivity index (χ1) is 16.1. The lowest BCUT2D eigenvalue weighted by Gasteiger charge is -2.19. The van der Waals surface area contributed by atoms with Crippen LogP contribution < -0.4 is 10.9 Å². The van der Waals surface area contributed by atoms with E-state index < -0.39 is 5.25 Å². The summed E-state index contributed by atoms with van der Waals surface area (Å²) in [6, 6.07) is 22.0. The maximum absolute atomic E-state index is 13.3. The third-order valence-corrected chi connectivity index (χ3v) is 6.27. The van der Waals surface area contributed by atoms with Crippen LogP contribution >= 0.6 is 11.8 Å². The second-order valence-electron chi connectivity index (χ2n) is 7.27. The number of hydrogen-bond acceptors (Lipinski definition) is 5. The standard InChI is InChI=1S/C25H22FN3O3S/c1-32-16-15-29-24(31)20-9-5-6-10-21(20)28-25(29)33-22(17-7-3-2-4-8-17)23(30)27-19-13-11-18(26)12-14-19/h2-14,22H,15-16H2,1H3,(H,27,30). The summed E-state index contributed by atoms with van der Waals surface area (Å²) in [6.07, 6.45) is 0. The summed E-state index contributed by atoms with van der Waals surface area (Å²) in [6.45, 7) is 0.627. The number of carbonyl (C=O) groups is 1. The van der Waals surface area contributed by atoms with E-state index in [-0.39, 0.29) is 17.3 Å². The minimum atomic E-state index is -0.696. The fourth-order valence-electron chi connectivity index (χ4n) is 3.36. The molecule has 0 fully saturated rings. The Hall–Kier alpha value is -3.49. The van der Waals surface area contributed by atoms with Gasteiger partial charge in [-0.1, -0.05) is 54.2 Å². The van der Waals surface area contributed by atoms with Gasteiger partial charge in [-0.05, 0) is 42.0 Å². The molecule has 0 radical (unpaired) electrons. The Bertz CT molecular complexity index is 1310. The highest BCUT2D eigenvalue weighted by atomic mass is 32.2. The van der Waals surface area contributed by atoms with E-state index in [1.54, 1.807) is 25.3 Å². The van der Waals surface area contributed by atoms with Crippen molar-refractivity contribution in [1.29, 1.82) is 0 Å². The van der Waals surface area contributed by atoms with Crippen LogP contribution in [0.15, 0.2) is 88.8 Å². The molecule has 3 aromatic carbocycles. The number of carbonyl (C=O) groups excluding carboxylic acids is 1. The van der Waals surface area contributed by atoms with E-state index in [0.29, 0.717) is 34.9 Å². The second kappa shape index (κ2) is 10.4. The highest BCUT2D eigenvalue weighted by Crippen LogP contribution is 2.35. The molecule has 33 heavy (non-hydrogen) atoms. The number of thioether (sulfide) groups is 1. The molecule has 0 aliphatic carbocycles. The Balaban J connectivity index is 1.74. The fraction of sp³-hybridized carbons (Fsp3) is 0.160. The summed E-state index contributed by atoms with van der Waals surface area (Å²) in [5, 5.41) is 3.06. The number of halogens is 1. The minimum Gasteiger partial charge on any atom is -0.383 e. The van der Waals surface area contributed by atoms with Crippen molar-refractivity contribution in [3.8, 4) is 0 Å². The number of benzene rings is 3. The highest BCUT2D eigenvalue weighted by Gasteiger charge is 2.25. The van der Waals surface area contributed by atoms with Crippen LogP contribution in [-0.4, -0.2) is 29.2 Å². The largest absolute Gasteiger partial charge is 0.383 e. The minimum absolute atomic E-state index is 0.189. The molecule has 1 amide bonds. The SMILES string of the molecule is COCCn1c(SC(C(=O)Nc2ccc(F)cc2)c2ccccc2)nc2ccccc2c1=O. The first-order valence-corrected chi connectivity index (χ1v) is 11.2. The predicted molar refractivity (Wildman–Crippen MR) is 128 cm³/mol. The van der Waals surface area contributed by atoms with Gasteiger partial charge >= 0.3 is 0 Å². The van der Waals surface area contributed by atoms with Crippen LogP contribution in [0, 0.1) is 5.82 Å². The molecular formula is C25H22FN3O3S. The summed E-state index contributed by atoms with van der Waals surface area (Å²) in [7, 11) is 1.56. The molecule has 1 atom stereocenters. The van der Waals surface area contributed by atoms with Crippen LogP contribution in [0.2, 0.25) is 0 Å². The molecule has 0 aliphatic rings. The summed E-state index contributed by atoms with van der Waals surface area (Å²) in [4.78, 5) is 31.2. The van der Waals surface area contributed by atoms with Gasteiger partial charge in [0.25, 0.3) is 5.56 Å². The van der Waals surface area contributed by atoms with E-state index in [4.69, 9.17) is 9.72 Å². The fourth-order valence-corrected chi connectivity index (χ4v) is 4.49. The average molecular weight is 464 g/mol. The lowest BCUT2D eigenvalue weighted by molar-refractivity contribution is -0.115. The topological polar surface area (TPSA) is 73.2 Å². The van der Waals surface area contributed by atoms with Crippen molar-refractivity contribution in [3.05, 3.63) is 101 Å². The van der Waals surface area contributed by atoms with Gasteiger partial charge in [0.05, 0.1) is 24.1 Å². The molecule has 1 heterocycles. The van der Waals surface area contributed by atoms with E-state index in [9.17, 15) is 14.0 Å². The van der Waals surface area contributed by atoms with Gasteiger partial charge in [-0.2, -0.15) is 0 Å². The Morgan fingerprint density at radius 3 is 2.48 bits per heavy atom. The third-order valence-electron chi connectivity index (χ3n) is 5.02. The van der Waals surface area contributed by atoms with Crippen LogP contribution in [0.3, 0.4) is 0 Å². The first kappa shape index (κ1) is 22.7. The molecule has 0 aliphatic heterocycles. The maximum atomic E-state index is 13.3. The predicted octanol–water partition coefficient (Wildman–Crippen LogP) is 4.65. The first-order valence-electron chi connectivity index (χ1n) is 10.3. The van der Waals surface area contributed by atoms with Crippen LogP contribution in [0.5, 0.6) is 0 Å². The monoisotopic (exact) mass is 463 g/mol. The number of para-hydroxylation sites is 1. The molecule has 1 aromatic heterocycles. The lowest BCUT2D eigenvalue weighted by atomic mass is 10.1. The van der Waals surface area contributed by atoms with E-state index in [1.807, 2.05) is 36.4 Å². The zero-order chi connectivity index (χ0) is 23.2. The molecule has 1 N–H and O–H groups in total. The number of fused-ring (bicyclic) bond motifs is 1. The normalized spacial score (nSPS) is 11.9. The number of hydrogen-bond donors (Lipinski definition) is 1. The quantitative estimate of drug-likeness (QED) is 0.304. The molecular weight excluding hydrogens is 441 g/mol. The zero-order valence-corrected chi connectivity index (χ0v) is 18.7. The van der Waals surface area contributed by atoms with Gasteiger partial charge in [-0.15, -0.1) is 0 Å².